The van der Waals surface area contributed by atoms with Crippen LogP contribution in [0, 0.1) is 6.92 Å². The highest BCUT2D eigenvalue weighted by Crippen LogP contribution is 2.29. The van der Waals surface area contributed by atoms with Gasteiger partial charge in [0.05, 0.1) is 6.61 Å². The van der Waals surface area contributed by atoms with Crippen LogP contribution in [-0.2, 0) is 6.54 Å². The lowest BCUT2D eigenvalue weighted by molar-refractivity contribution is 0.317. The number of hydrogen-bond donors (Lipinski definition) is 1. The van der Waals surface area contributed by atoms with Crippen molar-refractivity contribution < 1.29 is 4.74 Å². The van der Waals surface area contributed by atoms with Gasteiger partial charge in [0.2, 0.25) is 0 Å². The van der Waals surface area contributed by atoms with Crippen LogP contribution in [0.25, 0.3) is 11.3 Å². The molecule has 108 valence electrons. The molecule has 4 nitrogen and oxygen atoms in total. The van der Waals surface area contributed by atoms with Crippen LogP contribution in [0.1, 0.15) is 32.5 Å². The lowest BCUT2D eigenvalue weighted by atomic mass is 10.1. The maximum absolute atomic E-state index is 6.23. The lowest BCUT2D eigenvalue weighted by Gasteiger charge is -2.07. The number of aryl methyl sites for hydroxylation is 1. The highest BCUT2D eigenvalue weighted by atomic mass is 16.5. The number of benzene rings is 1. The number of nitrogens with zero attached hydrogens (tertiary/aromatic N) is 2. The van der Waals surface area contributed by atoms with Gasteiger partial charge in [-0.2, -0.15) is 0 Å². The van der Waals surface area contributed by atoms with Crippen molar-refractivity contribution in [2.75, 3.05) is 12.3 Å². The molecule has 0 saturated heterocycles. The molecule has 1 heterocycles. The Morgan fingerprint density at radius 3 is 2.75 bits per heavy atom. The molecule has 20 heavy (non-hydrogen) atoms. The molecule has 0 radical (unpaired) electrons. The van der Waals surface area contributed by atoms with Crippen LogP contribution < -0.4 is 10.5 Å². The van der Waals surface area contributed by atoms with E-state index >= 15 is 0 Å². The normalized spacial score (nSPS) is 10.8. The molecule has 2 aromatic rings. The summed E-state index contributed by atoms with van der Waals surface area (Å²) in [6, 6.07) is 7.97. The van der Waals surface area contributed by atoms with Gasteiger partial charge in [-0.15, -0.1) is 0 Å². The average molecular weight is 273 g/mol. The summed E-state index contributed by atoms with van der Waals surface area (Å²) in [4.78, 5) is 4.60. The van der Waals surface area contributed by atoms with Gasteiger partial charge in [-0.05, 0) is 31.9 Å². The molecule has 1 aromatic heterocycles. The molecule has 2 rings (SSSR count). The Labute approximate surface area is 120 Å². The SMILES string of the molecule is CCCOc1cccc(-c2nc(C)n(CCC)c2N)c1. The zero-order chi connectivity index (χ0) is 14.5. The molecule has 2 N–H and O–H groups in total. The zero-order valence-corrected chi connectivity index (χ0v) is 12.5. The maximum atomic E-state index is 6.23. The first-order valence-electron chi connectivity index (χ1n) is 7.23. The second-order valence-corrected chi connectivity index (χ2v) is 4.92. The van der Waals surface area contributed by atoms with E-state index < -0.39 is 0 Å². The standard InChI is InChI=1S/C16H23N3O/c1-4-9-19-12(3)18-15(16(19)17)13-7-6-8-14(11-13)20-10-5-2/h6-8,11H,4-5,9-10,17H2,1-3H3. The van der Waals surface area contributed by atoms with Crippen molar-refractivity contribution in [1.82, 2.24) is 9.55 Å². The Morgan fingerprint density at radius 1 is 1.25 bits per heavy atom. The summed E-state index contributed by atoms with van der Waals surface area (Å²) in [5, 5.41) is 0. The van der Waals surface area contributed by atoms with Crippen molar-refractivity contribution in [2.45, 2.75) is 40.2 Å². The third-order valence-electron chi connectivity index (χ3n) is 3.23. The molecule has 0 atom stereocenters. The van der Waals surface area contributed by atoms with E-state index in [1.807, 2.05) is 31.2 Å². The molecule has 0 spiro atoms. The number of hydrogen-bond acceptors (Lipinski definition) is 3. The zero-order valence-electron chi connectivity index (χ0n) is 12.5. The van der Waals surface area contributed by atoms with Gasteiger partial charge in [-0.25, -0.2) is 4.98 Å². The Kier molecular flexibility index (Phi) is 4.66. The quantitative estimate of drug-likeness (QED) is 0.874. The first-order valence-corrected chi connectivity index (χ1v) is 7.23. The van der Waals surface area contributed by atoms with Gasteiger partial charge in [-0.3, -0.25) is 0 Å². The second kappa shape index (κ2) is 6.46. The van der Waals surface area contributed by atoms with Crippen molar-refractivity contribution in [3.05, 3.63) is 30.1 Å². The predicted octanol–water partition coefficient (Wildman–Crippen LogP) is 3.64. The van der Waals surface area contributed by atoms with Crippen LogP contribution >= 0.6 is 0 Å². The smallest absolute Gasteiger partial charge is 0.131 e. The van der Waals surface area contributed by atoms with Crippen molar-refractivity contribution in [3.63, 3.8) is 0 Å². The monoisotopic (exact) mass is 273 g/mol. The Bertz CT molecular complexity index is 575. The van der Waals surface area contributed by atoms with Gasteiger partial charge in [0.25, 0.3) is 0 Å². The van der Waals surface area contributed by atoms with Gasteiger partial charge < -0.3 is 15.0 Å². The Balaban J connectivity index is 2.34. The second-order valence-electron chi connectivity index (χ2n) is 4.92. The highest BCUT2D eigenvalue weighted by Gasteiger charge is 2.13. The number of nitrogens with two attached hydrogens (primary N) is 1. The number of anilines is 1. The van der Waals surface area contributed by atoms with Crippen LogP contribution in [0.4, 0.5) is 5.82 Å². The van der Waals surface area contributed by atoms with E-state index in [2.05, 4.69) is 23.4 Å². The molecule has 0 bridgehead atoms. The molecule has 0 fully saturated rings. The Morgan fingerprint density at radius 2 is 2.05 bits per heavy atom. The molecule has 1 aromatic carbocycles. The minimum Gasteiger partial charge on any atom is -0.494 e. The molecular weight excluding hydrogens is 250 g/mol. The summed E-state index contributed by atoms with van der Waals surface area (Å²) >= 11 is 0. The van der Waals surface area contributed by atoms with Gasteiger partial charge in [-0.1, -0.05) is 26.0 Å². The van der Waals surface area contributed by atoms with Crippen LogP contribution in [0.2, 0.25) is 0 Å². The van der Waals surface area contributed by atoms with Gasteiger partial charge in [0.15, 0.2) is 0 Å². The van der Waals surface area contributed by atoms with Gasteiger partial charge in [0.1, 0.15) is 23.1 Å². The molecule has 4 heteroatoms. The van der Waals surface area contributed by atoms with Crippen LogP contribution in [0.15, 0.2) is 24.3 Å². The summed E-state index contributed by atoms with van der Waals surface area (Å²) in [5.41, 5.74) is 8.09. The van der Waals surface area contributed by atoms with Crippen molar-refractivity contribution in [1.29, 1.82) is 0 Å². The fraction of sp³-hybridized carbons (Fsp3) is 0.438. The van der Waals surface area contributed by atoms with E-state index in [1.165, 1.54) is 0 Å². The van der Waals surface area contributed by atoms with Crippen molar-refractivity contribution >= 4 is 5.82 Å². The number of aromatic nitrogens is 2. The molecule has 0 aliphatic carbocycles. The fourth-order valence-electron chi connectivity index (χ4n) is 2.25. The number of nitrogen functional groups attached to an aromatic ring is 1. The van der Waals surface area contributed by atoms with Gasteiger partial charge in [0, 0.05) is 12.1 Å². The molecule has 0 aliphatic rings. The molecular formula is C16H23N3O. The Hall–Kier alpha value is -1.97. The largest absolute Gasteiger partial charge is 0.494 e. The summed E-state index contributed by atoms with van der Waals surface area (Å²) < 4.78 is 7.73. The lowest BCUT2D eigenvalue weighted by Crippen LogP contribution is -2.04. The van der Waals surface area contributed by atoms with E-state index in [1.54, 1.807) is 0 Å². The fourth-order valence-corrected chi connectivity index (χ4v) is 2.25. The highest BCUT2D eigenvalue weighted by molar-refractivity contribution is 5.72. The summed E-state index contributed by atoms with van der Waals surface area (Å²) in [5.74, 6) is 2.56. The van der Waals surface area contributed by atoms with Crippen molar-refractivity contribution in [2.24, 2.45) is 0 Å². The number of imidazole rings is 1. The maximum Gasteiger partial charge on any atom is 0.131 e. The van der Waals surface area contributed by atoms with E-state index in [9.17, 15) is 0 Å². The average Bonchev–Trinajstić information content (AvgIpc) is 2.74. The summed E-state index contributed by atoms with van der Waals surface area (Å²) in [7, 11) is 0. The van der Waals surface area contributed by atoms with Crippen molar-refractivity contribution in [3.8, 4) is 17.0 Å². The minimum atomic E-state index is 0.724. The third kappa shape index (κ3) is 2.95. The first-order chi connectivity index (χ1) is 9.67. The topological polar surface area (TPSA) is 53.1 Å². The minimum absolute atomic E-state index is 0.724. The molecule has 0 aliphatic heterocycles. The van der Waals surface area contributed by atoms with Crippen LogP contribution in [0.5, 0.6) is 5.75 Å². The first kappa shape index (κ1) is 14.4. The van der Waals surface area contributed by atoms with E-state index in [-0.39, 0.29) is 0 Å². The number of rotatable bonds is 6. The third-order valence-corrected chi connectivity index (χ3v) is 3.23. The summed E-state index contributed by atoms with van der Waals surface area (Å²) in [6.07, 6.45) is 2.04. The molecule has 0 unspecified atom stereocenters. The van der Waals surface area contributed by atoms with E-state index in [0.717, 1.165) is 54.6 Å². The summed E-state index contributed by atoms with van der Waals surface area (Å²) in [6.45, 7) is 7.85. The van der Waals surface area contributed by atoms with Gasteiger partial charge >= 0.3 is 0 Å². The number of ether oxygens (including phenoxy) is 1. The molecule has 0 saturated carbocycles. The van der Waals surface area contributed by atoms with E-state index in [0.29, 0.717) is 0 Å². The molecule has 0 amide bonds. The van der Waals surface area contributed by atoms with Crippen LogP contribution in [0.3, 0.4) is 0 Å². The van der Waals surface area contributed by atoms with E-state index in [4.69, 9.17) is 10.5 Å². The van der Waals surface area contributed by atoms with Crippen LogP contribution in [-0.4, -0.2) is 16.2 Å². The predicted molar refractivity (Wildman–Crippen MR) is 82.9 cm³/mol.